The maximum Gasteiger partial charge on any atom is 0.337 e. The second-order valence-electron chi connectivity index (χ2n) is 2.34. The lowest BCUT2D eigenvalue weighted by Crippen LogP contribution is -2.01. The number of ether oxygens (including phenoxy) is 1. The number of esters is 1. The van der Waals surface area contributed by atoms with Crippen LogP contribution >= 0.6 is 15.9 Å². The van der Waals surface area contributed by atoms with E-state index in [0.29, 0.717) is 11.1 Å². The molecule has 0 aliphatic rings. The Morgan fingerprint density at radius 1 is 1.15 bits per heavy atom. The molecule has 0 unspecified atom stereocenters. The number of carbonyl (C=O) groups excluding carboxylic acids is 2. The van der Waals surface area contributed by atoms with E-state index in [1.165, 1.54) is 7.11 Å². The van der Waals surface area contributed by atoms with Gasteiger partial charge in [0.25, 0.3) is 0 Å². The van der Waals surface area contributed by atoms with Crippen molar-refractivity contribution in [2.45, 2.75) is 0 Å². The number of carbonyl (C=O) groups is 2. The molecular formula is C9H7BrO3. The summed E-state index contributed by atoms with van der Waals surface area (Å²) in [6.45, 7) is 0. The minimum Gasteiger partial charge on any atom is -0.465 e. The number of hydrogen-bond donors (Lipinski definition) is 0. The maximum absolute atomic E-state index is 11.0. The molecule has 0 saturated carbocycles. The molecule has 0 radical (unpaired) electrons. The van der Waals surface area contributed by atoms with Crippen molar-refractivity contribution < 1.29 is 14.3 Å². The van der Waals surface area contributed by atoms with Crippen molar-refractivity contribution >= 4 is 26.6 Å². The number of benzene rings is 1. The molecule has 0 aliphatic carbocycles. The van der Waals surface area contributed by atoms with E-state index in [1.54, 1.807) is 24.3 Å². The summed E-state index contributed by atoms with van der Waals surface area (Å²) in [5.74, 6) is -0.409. The fourth-order valence-corrected chi connectivity index (χ4v) is 1.12. The van der Waals surface area contributed by atoms with Crippen molar-refractivity contribution in [2.75, 3.05) is 7.11 Å². The van der Waals surface area contributed by atoms with Crippen LogP contribution in [0.25, 0.3) is 0 Å². The van der Waals surface area contributed by atoms with Gasteiger partial charge >= 0.3 is 5.97 Å². The van der Waals surface area contributed by atoms with Crippen LogP contribution in [0.15, 0.2) is 24.3 Å². The van der Waals surface area contributed by atoms with Gasteiger partial charge in [-0.3, -0.25) is 4.79 Å². The van der Waals surface area contributed by atoms with Gasteiger partial charge in [0.1, 0.15) is 0 Å². The molecule has 0 aliphatic heterocycles. The van der Waals surface area contributed by atoms with Crippen LogP contribution in [-0.2, 0) is 4.74 Å². The molecule has 4 heteroatoms. The van der Waals surface area contributed by atoms with Gasteiger partial charge in [0.2, 0.25) is 4.69 Å². The van der Waals surface area contributed by atoms with E-state index < -0.39 is 5.97 Å². The Hall–Kier alpha value is -1.16. The van der Waals surface area contributed by atoms with Crippen molar-refractivity contribution in [3.63, 3.8) is 0 Å². The Kier molecular flexibility index (Phi) is 3.19. The summed E-state index contributed by atoms with van der Waals surface area (Å²) in [5.41, 5.74) is 0.938. The monoisotopic (exact) mass is 242 g/mol. The van der Waals surface area contributed by atoms with Gasteiger partial charge in [0, 0.05) is 5.56 Å². The van der Waals surface area contributed by atoms with Gasteiger partial charge in [-0.05, 0) is 40.2 Å². The number of hydrogen-bond acceptors (Lipinski definition) is 3. The first-order chi connectivity index (χ1) is 6.15. The molecule has 0 saturated heterocycles. The lowest BCUT2D eigenvalue weighted by Gasteiger charge is -1.98. The zero-order valence-electron chi connectivity index (χ0n) is 6.91. The molecule has 0 bridgehead atoms. The van der Waals surface area contributed by atoms with Crippen molar-refractivity contribution in [3.8, 4) is 0 Å². The molecule has 68 valence electrons. The average Bonchev–Trinajstić information content (AvgIpc) is 2.17. The first kappa shape index (κ1) is 9.92. The fourth-order valence-electron chi connectivity index (χ4n) is 0.855. The molecule has 0 aromatic heterocycles. The SMILES string of the molecule is COC(=O)c1ccc(C(=O)Br)cc1. The third-order valence-electron chi connectivity index (χ3n) is 1.53. The van der Waals surface area contributed by atoms with Crippen LogP contribution < -0.4 is 0 Å². The smallest absolute Gasteiger partial charge is 0.337 e. The molecule has 0 heterocycles. The second-order valence-corrected chi connectivity index (χ2v) is 3.06. The highest BCUT2D eigenvalue weighted by atomic mass is 79.9. The zero-order chi connectivity index (χ0) is 9.84. The second kappa shape index (κ2) is 4.18. The Bertz CT molecular complexity index is 329. The van der Waals surface area contributed by atoms with E-state index in [9.17, 15) is 9.59 Å². The van der Waals surface area contributed by atoms with Crippen LogP contribution in [0.2, 0.25) is 0 Å². The highest BCUT2D eigenvalue weighted by Crippen LogP contribution is 2.08. The van der Waals surface area contributed by atoms with Gasteiger partial charge < -0.3 is 4.74 Å². The molecule has 1 rings (SSSR count). The Labute approximate surface area is 83.8 Å². The van der Waals surface area contributed by atoms with E-state index in [2.05, 4.69) is 20.7 Å². The van der Waals surface area contributed by atoms with Gasteiger partial charge in [-0.15, -0.1) is 0 Å². The molecule has 0 N–H and O–H groups in total. The van der Waals surface area contributed by atoms with Crippen molar-refractivity contribution in [2.24, 2.45) is 0 Å². The molecule has 13 heavy (non-hydrogen) atoms. The summed E-state index contributed by atoms with van der Waals surface area (Å²) >= 11 is 2.81. The summed E-state index contributed by atoms with van der Waals surface area (Å²) in [5, 5.41) is 0. The summed E-state index contributed by atoms with van der Waals surface area (Å²) in [6.07, 6.45) is 0. The minimum absolute atomic E-state index is 0.205. The summed E-state index contributed by atoms with van der Waals surface area (Å²) in [6, 6.07) is 6.20. The summed E-state index contributed by atoms with van der Waals surface area (Å²) in [7, 11) is 1.31. The van der Waals surface area contributed by atoms with Gasteiger partial charge in [-0.1, -0.05) is 0 Å². The molecule has 3 nitrogen and oxygen atoms in total. The topological polar surface area (TPSA) is 43.4 Å². The molecule has 0 spiro atoms. The normalized spacial score (nSPS) is 9.38. The highest BCUT2D eigenvalue weighted by molar-refractivity contribution is 9.18. The van der Waals surface area contributed by atoms with Crippen molar-refractivity contribution in [1.29, 1.82) is 0 Å². The first-order valence-corrected chi connectivity index (χ1v) is 4.32. The molecular weight excluding hydrogens is 236 g/mol. The van der Waals surface area contributed by atoms with Crippen molar-refractivity contribution in [3.05, 3.63) is 35.4 Å². The van der Waals surface area contributed by atoms with E-state index in [1.807, 2.05) is 0 Å². The molecule has 1 aromatic rings. The fraction of sp³-hybridized carbons (Fsp3) is 0.111. The predicted molar refractivity (Wildman–Crippen MR) is 51.0 cm³/mol. The standard InChI is InChI=1S/C9H7BrO3/c1-13-9(12)7-4-2-6(3-5-7)8(10)11/h2-5H,1H3. The molecule has 0 fully saturated rings. The van der Waals surface area contributed by atoms with Crippen LogP contribution in [0.1, 0.15) is 20.7 Å². The molecule has 0 amide bonds. The Morgan fingerprint density at radius 3 is 2.00 bits per heavy atom. The zero-order valence-corrected chi connectivity index (χ0v) is 8.50. The predicted octanol–water partition coefficient (Wildman–Crippen LogP) is 2.01. The lowest BCUT2D eigenvalue weighted by molar-refractivity contribution is 0.0600. The average molecular weight is 243 g/mol. The van der Waals surface area contributed by atoms with Crippen LogP contribution in [0.5, 0.6) is 0 Å². The molecule has 0 atom stereocenters. The van der Waals surface area contributed by atoms with Gasteiger partial charge in [-0.25, -0.2) is 4.79 Å². The van der Waals surface area contributed by atoms with Gasteiger partial charge in [-0.2, -0.15) is 0 Å². The maximum atomic E-state index is 11.0. The van der Waals surface area contributed by atoms with Gasteiger partial charge in [0.15, 0.2) is 0 Å². The van der Waals surface area contributed by atoms with E-state index in [0.717, 1.165) is 0 Å². The Balaban J connectivity index is 2.93. The number of halogens is 1. The third-order valence-corrected chi connectivity index (χ3v) is 1.99. The van der Waals surface area contributed by atoms with Crippen molar-refractivity contribution in [1.82, 2.24) is 0 Å². The lowest BCUT2D eigenvalue weighted by atomic mass is 10.1. The van der Waals surface area contributed by atoms with E-state index in [4.69, 9.17) is 0 Å². The van der Waals surface area contributed by atoms with Crippen LogP contribution in [0, 0.1) is 0 Å². The highest BCUT2D eigenvalue weighted by Gasteiger charge is 2.05. The van der Waals surface area contributed by atoms with Crippen LogP contribution in [0.3, 0.4) is 0 Å². The summed E-state index contributed by atoms with van der Waals surface area (Å²) < 4.78 is 4.30. The largest absolute Gasteiger partial charge is 0.465 e. The number of methoxy groups -OCH3 is 1. The minimum atomic E-state index is -0.409. The number of rotatable bonds is 2. The Morgan fingerprint density at radius 2 is 1.62 bits per heavy atom. The van der Waals surface area contributed by atoms with E-state index in [-0.39, 0.29) is 4.69 Å². The summed E-state index contributed by atoms with van der Waals surface area (Å²) in [4.78, 5) is 21.8. The third kappa shape index (κ3) is 2.39. The van der Waals surface area contributed by atoms with Crippen LogP contribution in [0.4, 0.5) is 0 Å². The van der Waals surface area contributed by atoms with Gasteiger partial charge in [0.05, 0.1) is 12.7 Å². The molecule has 1 aromatic carbocycles. The van der Waals surface area contributed by atoms with E-state index >= 15 is 0 Å². The first-order valence-electron chi connectivity index (χ1n) is 3.53. The van der Waals surface area contributed by atoms with Crippen LogP contribution in [-0.4, -0.2) is 17.8 Å². The quantitative estimate of drug-likeness (QED) is 0.589.